The molecule has 0 radical (unpaired) electrons. The van der Waals surface area contributed by atoms with E-state index in [4.69, 9.17) is 0 Å². The molecule has 4 heteroatoms. The first kappa shape index (κ1) is 19.9. The number of nitrogens with one attached hydrogen (secondary N) is 1. The molecule has 0 saturated heterocycles. The summed E-state index contributed by atoms with van der Waals surface area (Å²) in [5.41, 5.74) is 5.98. The standard InChI is InChI=1S/C23H32N2OS/c1-15-10-19(11-16(2)22(15)24-21(26)13-23(4,5)6)25-9-7-8-20-18(14-25)12-17(3)27-20/h10-12H,7-9,13-14H2,1-6H3,(H,24,26). The highest BCUT2D eigenvalue weighted by Crippen LogP contribution is 2.33. The average Bonchev–Trinajstić information content (AvgIpc) is 2.76. The van der Waals surface area contributed by atoms with E-state index in [1.165, 1.54) is 29.0 Å². The lowest BCUT2D eigenvalue weighted by molar-refractivity contribution is -0.117. The summed E-state index contributed by atoms with van der Waals surface area (Å²) < 4.78 is 0. The van der Waals surface area contributed by atoms with Crippen molar-refractivity contribution in [2.24, 2.45) is 5.41 Å². The Morgan fingerprint density at radius 2 is 1.81 bits per heavy atom. The lowest BCUT2D eigenvalue weighted by Crippen LogP contribution is -2.23. The van der Waals surface area contributed by atoms with E-state index >= 15 is 0 Å². The zero-order valence-electron chi connectivity index (χ0n) is 17.5. The number of hydrogen-bond donors (Lipinski definition) is 1. The van der Waals surface area contributed by atoms with Gasteiger partial charge < -0.3 is 10.2 Å². The fourth-order valence-electron chi connectivity index (χ4n) is 3.88. The predicted octanol–water partition coefficient (Wildman–Crippen LogP) is 6.00. The first-order valence-corrected chi connectivity index (χ1v) is 10.7. The first-order chi connectivity index (χ1) is 12.6. The van der Waals surface area contributed by atoms with E-state index in [1.54, 1.807) is 4.88 Å². The Bertz CT molecular complexity index is 822. The van der Waals surface area contributed by atoms with E-state index in [9.17, 15) is 4.79 Å². The number of thiophene rings is 1. The highest BCUT2D eigenvalue weighted by molar-refractivity contribution is 7.12. The summed E-state index contributed by atoms with van der Waals surface area (Å²) in [6.07, 6.45) is 2.90. The van der Waals surface area contributed by atoms with Crippen LogP contribution in [0.25, 0.3) is 0 Å². The predicted molar refractivity (Wildman–Crippen MR) is 117 cm³/mol. The zero-order valence-corrected chi connectivity index (χ0v) is 18.3. The summed E-state index contributed by atoms with van der Waals surface area (Å²) in [7, 11) is 0. The van der Waals surface area contributed by atoms with E-state index in [0.29, 0.717) is 6.42 Å². The first-order valence-electron chi connectivity index (χ1n) is 9.86. The third-order valence-corrected chi connectivity index (χ3v) is 6.20. The van der Waals surface area contributed by atoms with Crippen LogP contribution < -0.4 is 10.2 Å². The Kier molecular flexibility index (Phi) is 5.66. The van der Waals surface area contributed by atoms with E-state index in [2.05, 4.69) is 70.0 Å². The van der Waals surface area contributed by atoms with Crippen LogP contribution in [0.5, 0.6) is 0 Å². The molecule has 0 atom stereocenters. The van der Waals surface area contributed by atoms with Gasteiger partial charge in [-0.25, -0.2) is 0 Å². The molecule has 0 aliphatic carbocycles. The normalized spacial score (nSPS) is 14.7. The molecule has 1 aliphatic rings. The van der Waals surface area contributed by atoms with Crippen molar-refractivity contribution in [1.29, 1.82) is 0 Å². The van der Waals surface area contributed by atoms with Crippen LogP contribution >= 0.6 is 11.3 Å². The summed E-state index contributed by atoms with van der Waals surface area (Å²) >= 11 is 1.95. The van der Waals surface area contributed by atoms with Crippen LogP contribution in [0.3, 0.4) is 0 Å². The van der Waals surface area contributed by atoms with Gasteiger partial charge in [-0.1, -0.05) is 20.8 Å². The van der Waals surface area contributed by atoms with Gasteiger partial charge in [-0.15, -0.1) is 11.3 Å². The summed E-state index contributed by atoms with van der Waals surface area (Å²) in [6.45, 7) is 14.7. The Hall–Kier alpha value is -1.81. The molecular weight excluding hydrogens is 352 g/mol. The van der Waals surface area contributed by atoms with E-state index in [0.717, 1.165) is 29.9 Å². The van der Waals surface area contributed by atoms with E-state index < -0.39 is 0 Å². The molecule has 1 N–H and O–H groups in total. The van der Waals surface area contributed by atoms with Crippen LogP contribution in [0.4, 0.5) is 11.4 Å². The topological polar surface area (TPSA) is 32.3 Å². The molecule has 27 heavy (non-hydrogen) atoms. The quantitative estimate of drug-likeness (QED) is 0.704. The fourth-order valence-corrected chi connectivity index (χ4v) is 4.97. The van der Waals surface area contributed by atoms with Crippen molar-refractivity contribution in [3.05, 3.63) is 44.6 Å². The Balaban J connectivity index is 1.81. The van der Waals surface area contributed by atoms with Gasteiger partial charge >= 0.3 is 0 Å². The molecule has 1 aromatic heterocycles. The SMILES string of the molecule is Cc1cc2c(s1)CCCN(c1cc(C)c(NC(=O)CC(C)(C)C)c(C)c1)C2. The monoisotopic (exact) mass is 384 g/mol. The Labute approximate surface area is 167 Å². The second-order valence-corrected chi connectivity index (χ2v) is 10.4. The van der Waals surface area contributed by atoms with Crippen LogP contribution in [0.15, 0.2) is 18.2 Å². The summed E-state index contributed by atoms with van der Waals surface area (Å²) in [4.78, 5) is 17.8. The van der Waals surface area contributed by atoms with Crippen molar-refractivity contribution in [1.82, 2.24) is 0 Å². The number of amides is 1. The maximum atomic E-state index is 12.4. The van der Waals surface area contributed by atoms with E-state index in [1.807, 2.05) is 11.3 Å². The van der Waals surface area contributed by atoms with Gasteiger partial charge in [-0.05, 0) is 73.9 Å². The number of carbonyl (C=O) groups is 1. The van der Waals surface area contributed by atoms with Gasteiger partial charge in [-0.2, -0.15) is 0 Å². The van der Waals surface area contributed by atoms with Gasteiger partial charge in [-0.3, -0.25) is 4.79 Å². The van der Waals surface area contributed by atoms with Gasteiger partial charge in [0.15, 0.2) is 0 Å². The van der Waals surface area contributed by atoms with E-state index in [-0.39, 0.29) is 11.3 Å². The average molecular weight is 385 g/mol. The molecule has 0 unspecified atom stereocenters. The smallest absolute Gasteiger partial charge is 0.224 e. The maximum absolute atomic E-state index is 12.4. The molecule has 0 bridgehead atoms. The van der Waals surface area contributed by atoms with Crippen molar-refractivity contribution in [3.63, 3.8) is 0 Å². The Morgan fingerprint density at radius 3 is 2.44 bits per heavy atom. The van der Waals surface area contributed by atoms with Crippen LogP contribution in [0.2, 0.25) is 0 Å². The third-order valence-electron chi connectivity index (χ3n) is 5.05. The van der Waals surface area contributed by atoms with Crippen molar-refractivity contribution < 1.29 is 4.79 Å². The number of hydrogen-bond acceptors (Lipinski definition) is 3. The number of benzene rings is 1. The van der Waals surface area contributed by atoms with Crippen molar-refractivity contribution >= 4 is 28.6 Å². The number of aryl methyl sites for hydroxylation is 4. The Morgan fingerprint density at radius 1 is 1.15 bits per heavy atom. The number of anilines is 2. The summed E-state index contributed by atoms with van der Waals surface area (Å²) in [5.74, 6) is 0.0922. The highest BCUT2D eigenvalue weighted by atomic mass is 32.1. The van der Waals surface area contributed by atoms with Gasteiger partial charge in [0, 0.05) is 40.6 Å². The van der Waals surface area contributed by atoms with Gasteiger partial charge in [0.05, 0.1) is 0 Å². The molecule has 0 fully saturated rings. The van der Waals surface area contributed by atoms with Gasteiger partial charge in [0.2, 0.25) is 5.91 Å². The minimum atomic E-state index is -0.00570. The lowest BCUT2D eigenvalue weighted by Gasteiger charge is -2.25. The highest BCUT2D eigenvalue weighted by Gasteiger charge is 2.20. The van der Waals surface area contributed by atoms with Crippen LogP contribution in [0.1, 0.15) is 60.1 Å². The molecule has 1 aromatic carbocycles. The molecule has 146 valence electrons. The maximum Gasteiger partial charge on any atom is 0.224 e. The third kappa shape index (κ3) is 4.92. The molecule has 2 aromatic rings. The largest absolute Gasteiger partial charge is 0.367 e. The lowest BCUT2D eigenvalue weighted by atomic mass is 9.92. The van der Waals surface area contributed by atoms with Crippen LogP contribution in [-0.4, -0.2) is 12.5 Å². The minimum Gasteiger partial charge on any atom is -0.367 e. The molecule has 2 heterocycles. The van der Waals surface area contributed by atoms with Gasteiger partial charge in [0.1, 0.15) is 0 Å². The van der Waals surface area contributed by atoms with Crippen molar-refractivity contribution in [2.75, 3.05) is 16.8 Å². The second kappa shape index (κ2) is 7.67. The van der Waals surface area contributed by atoms with Crippen LogP contribution in [0, 0.1) is 26.2 Å². The zero-order chi connectivity index (χ0) is 19.8. The van der Waals surface area contributed by atoms with Crippen LogP contribution in [-0.2, 0) is 17.8 Å². The summed E-state index contributed by atoms with van der Waals surface area (Å²) in [5, 5.41) is 3.14. The number of rotatable bonds is 3. The van der Waals surface area contributed by atoms with Gasteiger partial charge in [0.25, 0.3) is 0 Å². The molecule has 1 amide bonds. The molecule has 3 nitrogen and oxygen atoms in total. The molecule has 0 spiro atoms. The van der Waals surface area contributed by atoms with Crippen molar-refractivity contribution in [3.8, 4) is 0 Å². The second-order valence-electron chi connectivity index (χ2n) is 9.07. The molecular formula is C23H32N2OS. The molecule has 3 rings (SSSR count). The number of nitrogens with zero attached hydrogens (tertiary/aromatic N) is 1. The minimum absolute atomic E-state index is 0.00570. The molecule has 0 saturated carbocycles. The summed E-state index contributed by atoms with van der Waals surface area (Å²) in [6, 6.07) is 6.80. The number of fused-ring (bicyclic) bond motifs is 1. The number of carbonyl (C=O) groups excluding carboxylic acids is 1. The van der Waals surface area contributed by atoms with Crippen molar-refractivity contribution in [2.45, 2.75) is 67.3 Å². The fraction of sp³-hybridized carbons (Fsp3) is 0.522. The molecule has 1 aliphatic heterocycles.